The van der Waals surface area contributed by atoms with Gasteiger partial charge in [-0.3, -0.25) is 4.79 Å². The van der Waals surface area contributed by atoms with Gasteiger partial charge in [0.2, 0.25) is 0 Å². The molecule has 5 heteroatoms. The summed E-state index contributed by atoms with van der Waals surface area (Å²) in [7, 11) is 0. The maximum atomic E-state index is 12.5. The van der Waals surface area contributed by atoms with Crippen LogP contribution in [0.3, 0.4) is 0 Å². The summed E-state index contributed by atoms with van der Waals surface area (Å²) in [6, 6.07) is 6.04. The zero-order valence-corrected chi connectivity index (χ0v) is 13.6. The Hall–Kier alpha value is -2.30. The van der Waals surface area contributed by atoms with Crippen LogP contribution in [0.15, 0.2) is 18.2 Å². The normalized spacial score (nSPS) is 13.1. The second-order valence-corrected chi connectivity index (χ2v) is 5.60. The number of carbonyl (C=O) groups is 2. The van der Waals surface area contributed by atoms with Crippen molar-refractivity contribution in [3.63, 3.8) is 0 Å². The molecule has 1 aromatic heterocycles. The summed E-state index contributed by atoms with van der Waals surface area (Å²) in [5.74, 6) is -0.683. The minimum atomic E-state index is -0.365. The van der Waals surface area contributed by atoms with Crippen LogP contribution in [0.2, 0.25) is 0 Å². The van der Waals surface area contributed by atoms with E-state index >= 15 is 0 Å². The number of benzene rings is 1. The molecule has 0 amide bonds. The van der Waals surface area contributed by atoms with Gasteiger partial charge in [-0.15, -0.1) is 0 Å². The minimum absolute atomic E-state index is 0.0922. The topological polar surface area (TPSA) is 57.5 Å². The number of ether oxygens (including phenoxy) is 2. The number of hydrogen-bond acceptors (Lipinski definition) is 4. The van der Waals surface area contributed by atoms with Gasteiger partial charge in [0.25, 0.3) is 0 Å². The van der Waals surface area contributed by atoms with Gasteiger partial charge in [-0.25, -0.2) is 4.79 Å². The van der Waals surface area contributed by atoms with Crippen molar-refractivity contribution in [2.24, 2.45) is 0 Å². The summed E-state index contributed by atoms with van der Waals surface area (Å²) in [4.78, 5) is 24.5. The summed E-state index contributed by atoms with van der Waals surface area (Å²) in [5.41, 5.74) is 3.50. The molecule has 5 nitrogen and oxygen atoms in total. The Morgan fingerprint density at radius 3 is 2.70 bits per heavy atom. The molecule has 2 aromatic rings. The van der Waals surface area contributed by atoms with Crippen LogP contribution in [0.1, 0.15) is 41.9 Å². The highest BCUT2D eigenvalue weighted by atomic mass is 16.5. The number of aryl methyl sites for hydroxylation is 2. The van der Waals surface area contributed by atoms with Gasteiger partial charge in [-0.05, 0) is 32.3 Å². The molecule has 0 unspecified atom stereocenters. The van der Waals surface area contributed by atoms with Gasteiger partial charge in [0.1, 0.15) is 5.69 Å². The van der Waals surface area contributed by atoms with Crippen molar-refractivity contribution in [3.05, 3.63) is 35.0 Å². The zero-order valence-electron chi connectivity index (χ0n) is 13.6. The van der Waals surface area contributed by atoms with Crippen molar-refractivity contribution in [1.82, 2.24) is 4.57 Å². The monoisotopic (exact) mass is 315 g/mol. The predicted octanol–water partition coefficient (Wildman–Crippen LogP) is 2.87. The zero-order chi connectivity index (χ0) is 16.4. The predicted molar refractivity (Wildman–Crippen MR) is 86.6 cm³/mol. The first-order chi connectivity index (χ1) is 11.2. The third-order valence-electron chi connectivity index (χ3n) is 4.19. The van der Waals surface area contributed by atoms with Crippen LogP contribution in [0, 0.1) is 0 Å². The van der Waals surface area contributed by atoms with Crippen molar-refractivity contribution in [3.8, 4) is 0 Å². The van der Waals surface area contributed by atoms with Crippen LogP contribution in [-0.2, 0) is 33.7 Å². The Kier molecular flexibility index (Phi) is 4.37. The van der Waals surface area contributed by atoms with Gasteiger partial charge in [0, 0.05) is 17.5 Å². The second-order valence-electron chi connectivity index (χ2n) is 5.60. The molecule has 1 aliphatic heterocycles. The SMILES string of the molecule is CCOC(=O)Cc1c(C(=O)OCC)n2c3c(cccc13)CCC2. The fourth-order valence-electron chi connectivity index (χ4n) is 3.38. The number of aromatic nitrogens is 1. The average molecular weight is 315 g/mol. The number of esters is 2. The first kappa shape index (κ1) is 15.6. The van der Waals surface area contributed by atoms with E-state index < -0.39 is 0 Å². The van der Waals surface area contributed by atoms with Crippen molar-refractivity contribution in [2.75, 3.05) is 13.2 Å². The van der Waals surface area contributed by atoms with Gasteiger partial charge in [0.05, 0.1) is 25.2 Å². The fraction of sp³-hybridized carbons (Fsp3) is 0.444. The van der Waals surface area contributed by atoms with E-state index in [9.17, 15) is 9.59 Å². The lowest BCUT2D eigenvalue weighted by molar-refractivity contribution is -0.142. The number of para-hydroxylation sites is 1. The van der Waals surface area contributed by atoms with E-state index in [1.807, 2.05) is 16.7 Å². The summed E-state index contributed by atoms with van der Waals surface area (Å²) in [5, 5.41) is 0.957. The molecule has 0 bridgehead atoms. The van der Waals surface area contributed by atoms with Crippen molar-refractivity contribution in [2.45, 2.75) is 39.7 Å². The Balaban J connectivity index is 2.19. The number of hydrogen-bond donors (Lipinski definition) is 0. The number of carbonyl (C=O) groups excluding carboxylic acids is 2. The van der Waals surface area contributed by atoms with Crippen LogP contribution in [-0.4, -0.2) is 29.7 Å². The highest BCUT2D eigenvalue weighted by Gasteiger charge is 2.28. The van der Waals surface area contributed by atoms with Gasteiger partial charge in [-0.1, -0.05) is 18.2 Å². The van der Waals surface area contributed by atoms with Crippen LogP contribution in [0.25, 0.3) is 10.9 Å². The molecule has 23 heavy (non-hydrogen) atoms. The molecule has 0 aliphatic carbocycles. The van der Waals surface area contributed by atoms with Gasteiger partial charge in [0.15, 0.2) is 0 Å². The quantitative estimate of drug-likeness (QED) is 0.796. The molecule has 1 aliphatic rings. The largest absolute Gasteiger partial charge is 0.466 e. The summed E-state index contributed by atoms with van der Waals surface area (Å²) < 4.78 is 12.3. The molecular weight excluding hydrogens is 294 g/mol. The second kappa shape index (κ2) is 6.44. The Labute approximate surface area is 135 Å². The van der Waals surface area contributed by atoms with E-state index in [1.54, 1.807) is 13.8 Å². The molecule has 3 rings (SSSR count). The molecule has 0 atom stereocenters. The first-order valence-electron chi connectivity index (χ1n) is 8.13. The van der Waals surface area contributed by atoms with E-state index in [0.29, 0.717) is 18.9 Å². The van der Waals surface area contributed by atoms with Crippen LogP contribution < -0.4 is 0 Å². The molecule has 0 spiro atoms. The average Bonchev–Trinajstić information content (AvgIpc) is 2.84. The van der Waals surface area contributed by atoms with Crippen molar-refractivity contribution in [1.29, 1.82) is 0 Å². The van der Waals surface area contributed by atoms with Crippen LogP contribution in [0.4, 0.5) is 0 Å². The smallest absolute Gasteiger partial charge is 0.355 e. The lowest BCUT2D eigenvalue weighted by Crippen LogP contribution is -2.18. The van der Waals surface area contributed by atoms with Crippen LogP contribution >= 0.6 is 0 Å². The summed E-state index contributed by atoms with van der Waals surface area (Å²) >= 11 is 0. The highest BCUT2D eigenvalue weighted by molar-refractivity contribution is 6.02. The molecule has 1 aromatic carbocycles. The number of rotatable bonds is 5. The maximum absolute atomic E-state index is 12.5. The van der Waals surface area contributed by atoms with Crippen molar-refractivity contribution >= 4 is 22.8 Å². The van der Waals surface area contributed by atoms with E-state index in [-0.39, 0.29) is 18.4 Å². The molecule has 122 valence electrons. The van der Waals surface area contributed by atoms with E-state index in [4.69, 9.17) is 9.47 Å². The Morgan fingerprint density at radius 2 is 1.96 bits per heavy atom. The third-order valence-corrected chi connectivity index (χ3v) is 4.19. The lowest BCUT2D eigenvalue weighted by Gasteiger charge is -2.17. The summed E-state index contributed by atoms with van der Waals surface area (Å²) in [6.07, 6.45) is 2.06. The van der Waals surface area contributed by atoms with E-state index in [2.05, 4.69) is 6.07 Å². The molecule has 0 radical (unpaired) electrons. The Bertz CT molecular complexity index is 760. The molecular formula is C18H21NO4. The van der Waals surface area contributed by atoms with Crippen LogP contribution in [0.5, 0.6) is 0 Å². The molecule has 0 N–H and O–H groups in total. The molecule has 0 saturated heterocycles. The van der Waals surface area contributed by atoms with Gasteiger partial charge >= 0.3 is 11.9 Å². The fourth-order valence-corrected chi connectivity index (χ4v) is 3.38. The molecule has 0 fully saturated rings. The maximum Gasteiger partial charge on any atom is 0.355 e. The number of nitrogens with zero attached hydrogens (tertiary/aromatic N) is 1. The highest BCUT2D eigenvalue weighted by Crippen LogP contribution is 2.33. The van der Waals surface area contributed by atoms with Crippen molar-refractivity contribution < 1.29 is 19.1 Å². The summed E-state index contributed by atoms with van der Waals surface area (Å²) in [6.45, 7) is 4.97. The lowest BCUT2D eigenvalue weighted by atomic mass is 10.0. The first-order valence-corrected chi connectivity index (χ1v) is 8.13. The molecule has 0 saturated carbocycles. The molecule has 2 heterocycles. The minimum Gasteiger partial charge on any atom is -0.466 e. The third kappa shape index (κ3) is 2.71. The van der Waals surface area contributed by atoms with E-state index in [1.165, 1.54) is 5.56 Å². The Morgan fingerprint density at radius 1 is 1.17 bits per heavy atom. The van der Waals surface area contributed by atoms with Gasteiger partial charge < -0.3 is 14.0 Å². The van der Waals surface area contributed by atoms with Gasteiger partial charge in [-0.2, -0.15) is 0 Å². The standard InChI is InChI=1S/C18H21NO4/c1-3-22-15(20)11-14-13-9-5-7-12-8-6-10-19(16(12)13)17(14)18(21)23-4-2/h5,7,9H,3-4,6,8,10-11H2,1-2H3. The van der Waals surface area contributed by atoms with E-state index in [0.717, 1.165) is 35.9 Å².